The number of benzene rings is 1. The maximum Gasteiger partial charge on any atom is 0.328 e. The van der Waals surface area contributed by atoms with Crippen molar-refractivity contribution in [2.24, 2.45) is 11.8 Å². The Morgan fingerprint density at radius 1 is 1.08 bits per heavy atom. The number of hydrogen-bond donors (Lipinski definition) is 5. The summed E-state index contributed by atoms with van der Waals surface area (Å²) < 4.78 is 11.3. The molecule has 3 rings (SSSR count). The molecule has 5 N–H and O–H groups in total. The number of aliphatic hydroxyl groups excluding tert-OH is 1. The maximum atomic E-state index is 13.0. The molecule has 1 aromatic rings. The molecule has 0 aromatic heterocycles. The van der Waals surface area contributed by atoms with E-state index in [4.69, 9.17) is 9.47 Å². The predicted octanol–water partition coefficient (Wildman–Crippen LogP) is 5.19. The number of anilines is 2. The van der Waals surface area contributed by atoms with Gasteiger partial charge in [-0.25, -0.2) is 4.79 Å². The number of rotatable bonds is 6. The number of aromatic hydroxyl groups is 1. The molecule has 0 unspecified atom stereocenters. The molecule has 0 saturated heterocycles. The van der Waals surface area contributed by atoms with Gasteiger partial charge in [-0.2, -0.15) is 0 Å². The number of amides is 3. The van der Waals surface area contributed by atoms with Crippen LogP contribution in [0.15, 0.2) is 59.1 Å². The summed E-state index contributed by atoms with van der Waals surface area (Å²) in [4.78, 5) is 51.2. The topological polar surface area (TPSA) is 163 Å². The Morgan fingerprint density at radius 3 is 2.50 bits per heavy atom. The summed E-state index contributed by atoms with van der Waals surface area (Å²) in [6, 6.07) is 0.701. The number of aliphatic hydroxyl groups is 1. The van der Waals surface area contributed by atoms with Crippen molar-refractivity contribution >= 4 is 46.8 Å². The summed E-state index contributed by atoms with van der Waals surface area (Å²) in [5.74, 6) is -1.63. The second-order valence-electron chi connectivity index (χ2n) is 12.6. The van der Waals surface area contributed by atoms with Crippen LogP contribution in [0.5, 0.6) is 5.75 Å². The van der Waals surface area contributed by atoms with Crippen LogP contribution in [0.4, 0.5) is 11.4 Å². The molecule has 2 aliphatic rings. The first-order chi connectivity index (χ1) is 22.8. The Kier molecular flexibility index (Phi) is 15.0. The number of carbonyl (C=O) groups excluding carboxylic acids is 4. The molecular formula is C36H49N3O8S. The van der Waals surface area contributed by atoms with Crippen molar-refractivity contribution < 1.29 is 38.9 Å². The van der Waals surface area contributed by atoms with Crippen LogP contribution in [0, 0.1) is 11.8 Å². The van der Waals surface area contributed by atoms with E-state index in [1.54, 1.807) is 50.3 Å². The number of esters is 1. The van der Waals surface area contributed by atoms with E-state index in [9.17, 15) is 29.4 Å². The van der Waals surface area contributed by atoms with Gasteiger partial charge in [0, 0.05) is 36.3 Å². The lowest BCUT2D eigenvalue weighted by molar-refractivity contribution is -0.156. The van der Waals surface area contributed by atoms with Crippen molar-refractivity contribution in [3.05, 3.63) is 59.7 Å². The second-order valence-corrected chi connectivity index (χ2v) is 13.6. The fourth-order valence-corrected chi connectivity index (χ4v) is 6.36. The van der Waals surface area contributed by atoms with Crippen LogP contribution in [0.25, 0.3) is 0 Å². The Hall–Kier alpha value is -3.87. The van der Waals surface area contributed by atoms with Crippen LogP contribution < -0.4 is 16.0 Å². The number of nitrogens with one attached hydrogen (secondary N) is 3. The van der Waals surface area contributed by atoms with E-state index in [1.165, 1.54) is 18.9 Å². The summed E-state index contributed by atoms with van der Waals surface area (Å²) in [7, 11) is 1.50. The molecule has 1 aromatic carbocycles. The first kappa shape index (κ1) is 38.6. The van der Waals surface area contributed by atoms with Crippen LogP contribution in [-0.2, 0) is 35.1 Å². The van der Waals surface area contributed by atoms with Gasteiger partial charge >= 0.3 is 5.97 Å². The van der Waals surface area contributed by atoms with Crippen LogP contribution in [0.3, 0.4) is 0 Å². The highest BCUT2D eigenvalue weighted by molar-refractivity contribution is 8.00. The van der Waals surface area contributed by atoms with E-state index in [2.05, 4.69) is 16.0 Å². The molecular weight excluding hydrogens is 634 g/mol. The average molecular weight is 684 g/mol. The van der Waals surface area contributed by atoms with Gasteiger partial charge in [-0.1, -0.05) is 63.3 Å². The molecule has 48 heavy (non-hydrogen) atoms. The van der Waals surface area contributed by atoms with Crippen LogP contribution in [-0.4, -0.2) is 71.1 Å². The Balaban J connectivity index is 1.92. The van der Waals surface area contributed by atoms with E-state index < -0.39 is 36.2 Å². The van der Waals surface area contributed by atoms with E-state index in [0.717, 1.165) is 4.90 Å². The SMILES string of the molecule is CO[C@H]1/C=C/C=C/C=C/C[C@H](OC(=O)[C@@H](C)NC(=O)CC(C)C)[C@H](C)[C@@H](O)/C(C)=C\CCc2c(O)c(cc3c2SCC(=O)N3)NC(=O)C1. The number of ether oxygens (including phenoxy) is 2. The molecule has 0 spiro atoms. The average Bonchev–Trinajstić information content (AvgIpc) is 3.02. The molecule has 3 amide bonds. The minimum Gasteiger partial charge on any atom is -0.505 e. The zero-order valence-electron chi connectivity index (χ0n) is 28.6. The van der Waals surface area contributed by atoms with Gasteiger partial charge in [0.2, 0.25) is 17.7 Å². The standard InChI is InChI=1S/C36H49N3O8S/c1-21(2)17-30(40)37-24(5)36(45)47-29-16-11-9-7-8-10-14-25(46-6)18-31(41)38-27-19-28-35(48-20-32(42)39-28)26(34(27)44)15-12-13-22(3)33(43)23(29)4/h7-11,13-14,19,21,23-25,29,33,43-44H,12,15-18,20H2,1-6H3,(H,37,40)(H,38,41)(H,39,42)/b8-7+,11-9+,14-10+,22-13-/t23-,24+,25-,29-,33-/m0/s1. The van der Waals surface area contributed by atoms with E-state index in [-0.39, 0.29) is 47.3 Å². The van der Waals surface area contributed by atoms with Crippen LogP contribution in [0.1, 0.15) is 65.9 Å². The minimum atomic E-state index is -0.956. The number of hydrogen-bond acceptors (Lipinski definition) is 9. The largest absolute Gasteiger partial charge is 0.505 e. The maximum absolute atomic E-state index is 13.0. The number of allylic oxidation sites excluding steroid dienone is 5. The predicted molar refractivity (Wildman–Crippen MR) is 188 cm³/mol. The Bertz CT molecular complexity index is 1450. The van der Waals surface area contributed by atoms with E-state index >= 15 is 0 Å². The lowest BCUT2D eigenvalue weighted by Gasteiger charge is -2.29. The molecule has 2 bridgehead atoms. The summed E-state index contributed by atoms with van der Waals surface area (Å²) >= 11 is 1.32. The third-order valence-electron chi connectivity index (χ3n) is 8.10. The number of methoxy groups -OCH3 is 1. The summed E-state index contributed by atoms with van der Waals surface area (Å²) in [5.41, 5.74) is 1.92. The monoisotopic (exact) mass is 683 g/mol. The molecule has 2 aliphatic heterocycles. The molecule has 0 aliphatic carbocycles. The van der Waals surface area contributed by atoms with Crippen molar-refractivity contribution in [3.63, 3.8) is 0 Å². The van der Waals surface area contributed by atoms with Crippen molar-refractivity contribution in [1.29, 1.82) is 0 Å². The number of carbonyl (C=O) groups is 4. The van der Waals surface area contributed by atoms with Crippen molar-refractivity contribution in [1.82, 2.24) is 5.32 Å². The van der Waals surface area contributed by atoms with Gasteiger partial charge in [0.05, 0.1) is 35.8 Å². The van der Waals surface area contributed by atoms with Gasteiger partial charge in [0.15, 0.2) is 0 Å². The van der Waals surface area contributed by atoms with Gasteiger partial charge in [-0.3, -0.25) is 14.4 Å². The highest BCUT2D eigenvalue weighted by Gasteiger charge is 2.30. The fourth-order valence-electron chi connectivity index (χ4n) is 5.38. The highest BCUT2D eigenvalue weighted by atomic mass is 32.2. The zero-order chi connectivity index (χ0) is 35.4. The summed E-state index contributed by atoms with van der Waals surface area (Å²) in [5, 5.41) is 30.9. The summed E-state index contributed by atoms with van der Waals surface area (Å²) in [6.45, 7) is 9.02. The summed E-state index contributed by atoms with van der Waals surface area (Å²) in [6.07, 6.45) is 11.7. The molecule has 0 saturated carbocycles. The van der Waals surface area contributed by atoms with Gasteiger partial charge in [-0.15, -0.1) is 11.8 Å². The second kappa shape index (κ2) is 18.6. The molecule has 12 heteroatoms. The number of fused-ring (bicyclic) bond motifs is 4. The van der Waals surface area contributed by atoms with Crippen molar-refractivity contribution in [2.75, 3.05) is 23.5 Å². The van der Waals surface area contributed by atoms with Gasteiger partial charge in [-0.05, 0) is 44.2 Å². The molecule has 0 fully saturated rings. The lowest BCUT2D eigenvalue weighted by atomic mass is 9.90. The highest BCUT2D eigenvalue weighted by Crippen LogP contribution is 2.44. The normalized spacial score (nSPS) is 26.3. The van der Waals surface area contributed by atoms with Crippen molar-refractivity contribution in [2.45, 2.75) is 96.0 Å². The molecule has 262 valence electrons. The zero-order valence-corrected chi connectivity index (χ0v) is 29.4. The quantitative estimate of drug-likeness (QED) is 0.118. The van der Waals surface area contributed by atoms with Crippen molar-refractivity contribution in [3.8, 4) is 5.75 Å². The number of phenolic OH excluding ortho intramolecular Hbond substituents is 1. The smallest absolute Gasteiger partial charge is 0.328 e. The molecule has 11 nitrogen and oxygen atoms in total. The third kappa shape index (κ3) is 11.4. The molecule has 2 heterocycles. The van der Waals surface area contributed by atoms with Gasteiger partial charge in [0.25, 0.3) is 0 Å². The van der Waals surface area contributed by atoms with E-state index in [0.29, 0.717) is 42.5 Å². The Labute approximate surface area is 287 Å². The van der Waals surface area contributed by atoms with Gasteiger partial charge < -0.3 is 35.6 Å². The number of phenols is 1. The lowest BCUT2D eigenvalue weighted by Crippen LogP contribution is -2.43. The van der Waals surface area contributed by atoms with Gasteiger partial charge in [0.1, 0.15) is 17.9 Å². The first-order valence-corrected chi connectivity index (χ1v) is 17.3. The van der Waals surface area contributed by atoms with Crippen LogP contribution >= 0.6 is 11.8 Å². The molecule has 0 radical (unpaired) electrons. The fraction of sp³-hybridized carbons (Fsp3) is 0.500. The minimum absolute atomic E-state index is 0.00918. The number of thioether (sulfide) groups is 1. The van der Waals surface area contributed by atoms with E-state index in [1.807, 2.05) is 32.9 Å². The first-order valence-electron chi connectivity index (χ1n) is 16.3. The third-order valence-corrected chi connectivity index (χ3v) is 9.26. The Morgan fingerprint density at radius 2 is 1.79 bits per heavy atom. The molecule has 5 atom stereocenters. The van der Waals surface area contributed by atoms with Crippen LogP contribution in [0.2, 0.25) is 0 Å².